The zero-order valence-electron chi connectivity index (χ0n) is 29.7. The van der Waals surface area contributed by atoms with E-state index >= 15 is 0 Å². The van der Waals surface area contributed by atoms with Gasteiger partial charge in [-0.2, -0.15) is 0 Å². The summed E-state index contributed by atoms with van der Waals surface area (Å²) >= 11 is 6.18. The van der Waals surface area contributed by atoms with Gasteiger partial charge >= 0.3 is 0 Å². The van der Waals surface area contributed by atoms with Crippen molar-refractivity contribution in [2.45, 2.75) is 96.8 Å². The maximum absolute atomic E-state index is 6.18. The quantitative estimate of drug-likeness (QED) is 0.0676. The van der Waals surface area contributed by atoms with Gasteiger partial charge in [0.2, 0.25) is 0 Å². The number of nitrogens with one attached hydrogen (secondary N) is 2. The summed E-state index contributed by atoms with van der Waals surface area (Å²) in [6.07, 6.45) is 19.3. The van der Waals surface area contributed by atoms with Crippen molar-refractivity contribution < 1.29 is 0 Å². The Labute approximate surface area is 301 Å². The van der Waals surface area contributed by atoms with E-state index in [9.17, 15) is 0 Å². The molecule has 0 unspecified atom stereocenters. The lowest BCUT2D eigenvalue weighted by Gasteiger charge is -2.44. The fraction of sp³-hybridized carbons (Fsp3) is 0.419. The SMILES string of the molecule is CCCCCCCCCCCCCCCCN1CN(c2ccc(Nc3ccccc3)cc2)C(=S)N(c2ccc(Nc3ccccc3)cc2)C1. The Balaban J connectivity index is 1.14. The van der Waals surface area contributed by atoms with Gasteiger partial charge in [0.15, 0.2) is 5.11 Å². The maximum atomic E-state index is 6.18. The summed E-state index contributed by atoms with van der Waals surface area (Å²) in [5.74, 6) is 0. The van der Waals surface area contributed by atoms with Gasteiger partial charge in [-0.3, -0.25) is 4.90 Å². The monoisotopic (exact) mass is 675 g/mol. The van der Waals surface area contributed by atoms with Gasteiger partial charge in [0, 0.05) is 40.7 Å². The lowest BCUT2D eigenvalue weighted by molar-refractivity contribution is 0.270. The molecule has 6 heteroatoms. The van der Waals surface area contributed by atoms with Gasteiger partial charge < -0.3 is 20.4 Å². The molecule has 5 rings (SSSR count). The third-order valence-corrected chi connectivity index (χ3v) is 9.90. The van der Waals surface area contributed by atoms with Crippen molar-refractivity contribution in [2.75, 3.05) is 40.3 Å². The van der Waals surface area contributed by atoms with Crippen LogP contribution in [0.1, 0.15) is 96.8 Å². The molecule has 0 aliphatic carbocycles. The highest BCUT2D eigenvalue weighted by Gasteiger charge is 2.29. The molecule has 1 aliphatic heterocycles. The second-order valence-corrected chi connectivity index (χ2v) is 13.9. The molecule has 0 spiro atoms. The van der Waals surface area contributed by atoms with E-state index in [-0.39, 0.29) is 0 Å². The topological polar surface area (TPSA) is 33.8 Å². The largest absolute Gasteiger partial charge is 0.356 e. The summed E-state index contributed by atoms with van der Waals surface area (Å²) in [5, 5.41) is 7.84. The first-order valence-corrected chi connectivity index (χ1v) is 19.3. The summed E-state index contributed by atoms with van der Waals surface area (Å²) in [5.41, 5.74) is 6.52. The van der Waals surface area contributed by atoms with Crippen molar-refractivity contribution in [1.82, 2.24) is 4.90 Å². The summed E-state index contributed by atoms with van der Waals surface area (Å²) in [7, 11) is 0. The molecule has 0 atom stereocenters. The number of anilines is 6. The molecule has 2 N–H and O–H groups in total. The van der Waals surface area contributed by atoms with E-state index in [1.165, 1.54) is 89.9 Å². The molecule has 0 amide bonds. The normalized spacial score (nSPS) is 13.5. The third kappa shape index (κ3) is 12.2. The smallest absolute Gasteiger partial charge is 0.182 e. The zero-order valence-corrected chi connectivity index (χ0v) is 30.5. The van der Waals surface area contributed by atoms with Crippen molar-refractivity contribution in [2.24, 2.45) is 0 Å². The second-order valence-electron chi connectivity index (χ2n) is 13.5. The lowest BCUT2D eigenvalue weighted by Crippen LogP contribution is -2.58. The van der Waals surface area contributed by atoms with Crippen molar-refractivity contribution in [3.63, 3.8) is 0 Å². The van der Waals surface area contributed by atoms with Crippen LogP contribution in [0, 0.1) is 0 Å². The van der Waals surface area contributed by atoms with Gasteiger partial charge in [0.25, 0.3) is 0 Å². The molecule has 1 heterocycles. The van der Waals surface area contributed by atoms with Gasteiger partial charge in [-0.15, -0.1) is 0 Å². The minimum absolute atomic E-state index is 0.798. The van der Waals surface area contributed by atoms with Crippen molar-refractivity contribution >= 4 is 51.5 Å². The Morgan fingerprint density at radius 3 is 1.18 bits per heavy atom. The Kier molecular flexibility index (Phi) is 15.3. The molecule has 1 aliphatic rings. The first-order chi connectivity index (χ1) is 24.2. The summed E-state index contributed by atoms with van der Waals surface area (Å²) < 4.78 is 0. The number of hydrogen-bond acceptors (Lipinski definition) is 4. The van der Waals surface area contributed by atoms with Gasteiger partial charge in [-0.1, -0.05) is 127 Å². The Bertz CT molecular complexity index is 1380. The minimum atomic E-state index is 0.798. The van der Waals surface area contributed by atoms with E-state index in [1.807, 2.05) is 36.4 Å². The molecule has 260 valence electrons. The first-order valence-electron chi connectivity index (χ1n) is 18.9. The number of hydrogen-bond donors (Lipinski definition) is 2. The lowest BCUT2D eigenvalue weighted by atomic mass is 10.0. The molecule has 1 fully saturated rings. The van der Waals surface area contributed by atoms with Crippen LogP contribution in [0.2, 0.25) is 0 Å². The molecular formula is C43H57N5S. The van der Waals surface area contributed by atoms with Gasteiger partial charge in [-0.25, -0.2) is 0 Å². The average molecular weight is 676 g/mol. The van der Waals surface area contributed by atoms with Crippen LogP contribution in [0.15, 0.2) is 109 Å². The molecule has 0 aromatic heterocycles. The molecule has 4 aromatic rings. The Morgan fingerprint density at radius 1 is 0.449 bits per heavy atom. The van der Waals surface area contributed by atoms with Crippen molar-refractivity contribution in [3.8, 4) is 0 Å². The van der Waals surface area contributed by atoms with E-state index in [0.29, 0.717) is 0 Å². The third-order valence-electron chi connectivity index (χ3n) is 9.46. The molecule has 4 aromatic carbocycles. The van der Waals surface area contributed by atoms with E-state index in [4.69, 9.17) is 12.2 Å². The van der Waals surface area contributed by atoms with Crippen LogP contribution in [0.5, 0.6) is 0 Å². The standard InChI is InChI=1S/C43H57N5S/c1-2-3-4-5-6-7-8-9-10-11-12-13-14-21-34-46-35-47(41-30-26-39(27-31-41)44-37-22-17-15-18-23-37)43(49)48(36-46)42-32-28-40(29-33-42)45-38-24-19-16-20-25-38/h15-20,22-33,44-45H,2-14,21,34-36H2,1H3. The maximum Gasteiger partial charge on any atom is 0.182 e. The Morgan fingerprint density at radius 2 is 0.796 bits per heavy atom. The average Bonchev–Trinajstić information content (AvgIpc) is 3.14. The van der Waals surface area contributed by atoms with E-state index < -0.39 is 0 Å². The van der Waals surface area contributed by atoms with Crippen LogP contribution < -0.4 is 20.4 Å². The highest BCUT2D eigenvalue weighted by Crippen LogP contribution is 2.29. The van der Waals surface area contributed by atoms with Crippen LogP contribution in [-0.2, 0) is 0 Å². The highest BCUT2D eigenvalue weighted by atomic mass is 32.1. The Hall–Kier alpha value is -3.87. The number of rotatable bonds is 21. The minimum Gasteiger partial charge on any atom is -0.356 e. The van der Waals surface area contributed by atoms with Crippen LogP contribution >= 0.6 is 12.2 Å². The van der Waals surface area contributed by atoms with Gasteiger partial charge in [-0.05, 0) is 91.4 Å². The van der Waals surface area contributed by atoms with Crippen LogP contribution in [0.25, 0.3) is 0 Å². The number of benzene rings is 4. The van der Waals surface area contributed by atoms with Crippen molar-refractivity contribution in [1.29, 1.82) is 0 Å². The molecule has 0 bridgehead atoms. The predicted octanol–water partition coefficient (Wildman–Crippen LogP) is 12.5. The number of nitrogens with zero attached hydrogens (tertiary/aromatic N) is 3. The van der Waals surface area contributed by atoms with Crippen molar-refractivity contribution in [3.05, 3.63) is 109 Å². The second kappa shape index (κ2) is 20.6. The number of unbranched alkanes of at least 4 members (excludes halogenated alkanes) is 13. The zero-order chi connectivity index (χ0) is 33.9. The van der Waals surface area contributed by atoms with Crippen LogP contribution in [0.4, 0.5) is 34.1 Å². The van der Waals surface area contributed by atoms with Crippen LogP contribution in [0.3, 0.4) is 0 Å². The first kappa shape index (κ1) is 36.4. The fourth-order valence-electron chi connectivity index (χ4n) is 6.59. The van der Waals surface area contributed by atoms with Gasteiger partial charge in [0.05, 0.1) is 13.3 Å². The summed E-state index contributed by atoms with van der Waals surface area (Å²) in [4.78, 5) is 7.11. The van der Waals surface area contributed by atoms with E-state index in [1.54, 1.807) is 0 Å². The van der Waals surface area contributed by atoms with E-state index in [2.05, 4.69) is 105 Å². The van der Waals surface area contributed by atoms with E-state index in [0.717, 1.165) is 59.1 Å². The molecule has 1 saturated heterocycles. The van der Waals surface area contributed by atoms with Gasteiger partial charge in [0.1, 0.15) is 0 Å². The predicted molar refractivity (Wildman–Crippen MR) is 217 cm³/mol. The molecule has 49 heavy (non-hydrogen) atoms. The molecular weight excluding hydrogens is 619 g/mol. The molecule has 0 radical (unpaired) electrons. The fourth-order valence-corrected chi connectivity index (χ4v) is 6.92. The highest BCUT2D eigenvalue weighted by molar-refractivity contribution is 7.80. The summed E-state index contributed by atoms with van der Waals surface area (Å²) in [6.45, 7) is 4.96. The van der Waals surface area contributed by atoms with Crippen LogP contribution in [-0.4, -0.2) is 29.9 Å². The summed E-state index contributed by atoms with van der Waals surface area (Å²) in [6, 6.07) is 37.9. The molecule has 5 nitrogen and oxygen atoms in total. The number of para-hydroxylation sites is 2. The molecule has 0 saturated carbocycles. The number of thiocarbonyl (C=S) groups is 1.